The quantitative estimate of drug-likeness (QED) is 0.323. The van der Waals surface area contributed by atoms with Gasteiger partial charge < -0.3 is 33.1 Å². The fraction of sp³-hybridized carbons (Fsp3) is 0.833. The standard InChI is InChI=1S/2C6H13.Ca.H3O4P/c2*1-3-5-6-4-2;;1-5(2,3)4/h2*1,3-6H2,2H3;;(H3,1,2,3,4)/q2*-1;+2;/p-3. The summed E-state index contributed by atoms with van der Waals surface area (Å²) in [6, 6.07) is 0. The molecule has 0 N–H and O–H groups in total. The van der Waals surface area contributed by atoms with Gasteiger partial charge in [0.15, 0.2) is 0 Å². The summed E-state index contributed by atoms with van der Waals surface area (Å²) in [5.74, 6) is 0. The van der Waals surface area contributed by atoms with Gasteiger partial charge in [-0.05, 0) is 0 Å². The van der Waals surface area contributed by atoms with Crippen molar-refractivity contribution in [3.8, 4) is 0 Å². The largest absolute Gasteiger partial charge is 2.00 e. The van der Waals surface area contributed by atoms with Crippen LogP contribution in [0, 0.1) is 13.8 Å². The van der Waals surface area contributed by atoms with Crippen molar-refractivity contribution in [3.63, 3.8) is 0 Å². The van der Waals surface area contributed by atoms with Crippen molar-refractivity contribution in [1.29, 1.82) is 0 Å². The summed E-state index contributed by atoms with van der Waals surface area (Å²) in [7, 11) is -5.39. The molecule has 0 amide bonds. The number of hydrogen-bond donors (Lipinski definition) is 0. The van der Waals surface area contributed by atoms with Crippen LogP contribution in [0.25, 0.3) is 0 Å². The molecule has 0 saturated heterocycles. The predicted octanol–water partition coefficient (Wildman–Crippen LogP) is 1.60. The van der Waals surface area contributed by atoms with Crippen LogP contribution in [0.4, 0.5) is 0 Å². The van der Waals surface area contributed by atoms with Gasteiger partial charge in [-0.15, -0.1) is 0 Å². The first-order chi connectivity index (χ1) is 7.83. The minimum atomic E-state index is -5.39. The normalized spacial score (nSPS) is 9.28. The number of phosphoric acid groups is 1. The van der Waals surface area contributed by atoms with Crippen LogP contribution in [0.2, 0.25) is 0 Å². The SMILES string of the molecule is O=P([O-])([O-])[O-].[CH2-]CCCCC.[CH2-]CCCCC.[Ca+2]. The summed E-state index contributed by atoms with van der Waals surface area (Å²) in [4.78, 5) is 25.6. The molecule has 0 aromatic heterocycles. The molecule has 0 aliphatic rings. The fourth-order valence-corrected chi connectivity index (χ4v) is 0.854. The van der Waals surface area contributed by atoms with E-state index < -0.39 is 7.82 Å². The van der Waals surface area contributed by atoms with Crippen LogP contribution in [0.15, 0.2) is 0 Å². The molecule has 108 valence electrons. The Balaban J connectivity index is -0.0000000799. The average Bonchev–Trinajstić information content (AvgIpc) is 2.22. The molecule has 0 radical (unpaired) electrons. The van der Waals surface area contributed by atoms with E-state index in [4.69, 9.17) is 19.2 Å². The van der Waals surface area contributed by atoms with Gasteiger partial charge in [0.2, 0.25) is 0 Å². The van der Waals surface area contributed by atoms with E-state index in [1.54, 1.807) is 0 Å². The van der Waals surface area contributed by atoms with Crippen molar-refractivity contribution in [2.24, 2.45) is 0 Å². The Morgan fingerprint density at radius 3 is 1.11 bits per heavy atom. The van der Waals surface area contributed by atoms with Crippen LogP contribution in [-0.4, -0.2) is 37.7 Å². The second-order valence-electron chi connectivity index (χ2n) is 3.57. The van der Waals surface area contributed by atoms with Crippen LogP contribution in [0.3, 0.4) is 0 Å². The van der Waals surface area contributed by atoms with E-state index in [1.807, 2.05) is 0 Å². The van der Waals surface area contributed by atoms with Crippen molar-refractivity contribution in [3.05, 3.63) is 13.8 Å². The Hall–Kier alpha value is 1.37. The summed E-state index contributed by atoms with van der Waals surface area (Å²) >= 11 is 0. The predicted molar refractivity (Wildman–Crippen MR) is 72.4 cm³/mol. The Labute approximate surface area is 143 Å². The Kier molecular flexibility index (Phi) is 36.1. The molecule has 0 saturated carbocycles. The van der Waals surface area contributed by atoms with Crippen molar-refractivity contribution >= 4 is 45.6 Å². The van der Waals surface area contributed by atoms with Gasteiger partial charge in [0.05, 0.1) is 0 Å². The first kappa shape index (κ1) is 27.7. The zero-order valence-corrected chi connectivity index (χ0v) is 15.0. The monoisotopic (exact) mass is 305 g/mol. The van der Waals surface area contributed by atoms with Crippen molar-refractivity contribution in [1.82, 2.24) is 0 Å². The third-order valence-electron chi connectivity index (χ3n) is 1.71. The molecule has 0 bridgehead atoms. The average molecular weight is 305 g/mol. The summed E-state index contributed by atoms with van der Waals surface area (Å²) in [5.41, 5.74) is 0. The fourth-order valence-electron chi connectivity index (χ4n) is 0.854. The molecular formula is C12H26CaO4P-3. The second kappa shape index (κ2) is 23.5. The third kappa shape index (κ3) is 85.7. The Bertz CT molecular complexity index is 138. The Morgan fingerprint density at radius 2 is 1.06 bits per heavy atom. The molecule has 0 heterocycles. The van der Waals surface area contributed by atoms with Crippen LogP contribution in [0.5, 0.6) is 0 Å². The van der Waals surface area contributed by atoms with Crippen molar-refractivity contribution in [2.45, 2.75) is 65.2 Å². The zero-order chi connectivity index (χ0) is 14.2. The molecule has 0 aromatic rings. The third-order valence-corrected chi connectivity index (χ3v) is 1.71. The van der Waals surface area contributed by atoms with E-state index in [-0.39, 0.29) is 37.7 Å². The molecular weight excluding hydrogens is 279 g/mol. The van der Waals surface area contributed by atoms with Gasteiger partial charge in [0, 0.05) is 0 Å². The van der Waals surface area contributed by atoms with E-state index in [0.717, 1.165) is 12.8 Å². The van der Waals surface area contributed by atoms with Gasteiger partial charge in [-0.3, -0.25) is 0 Å². The number of unbranched alkanes of at least 4 members (excludes halogenated alkanes) is 6. The van der Waals surface area contributed by atoms with Gasteiger partial charge in [0.25, 0.3) is 0 Å². The molecule has 0 spiro atoms. The van der Waals surface area contributed by atoms with Crippen LogP contribution in [-0.2, 0) is 4.57 Å². The van der Waals surface area contributed by atoms with Gasteiger partial charge >= 0.3 is 37.7 Å². The molecule has 0 unspecified atom stereocenters. The van der Waals surface area contributed by atoms with Crippen LogP contribution in [0.1, 0.15) is 65.2 Å². The smallest absolute Gasteiger partial charge is 0.822 e. The number of rotatable bonds is 6. The van der Waals surface area contributed by atoms with Crippen LogP contribution >= 0.6 is 7.82 Å². The summed E-state index contributed by atoms with van der Waals surface area (Å²) in [6.07, 6.45) is 10.1. The molecule has 0 aliphatic carbocycles. The minimum Gasteiger partial charge on any atom is -0.822 e. The molecule has 0 aliphatic heterocycles. The molecule has 0 atom stereocenters. The molecule has 18 heavy (non-hydrogen) atoms. The van der Waals surface area contributed by atoms with Gasteiger partial charge in [-0.1, -0.05) is 52.4 Å². The molecule has 4 nitrogen and oxygen atoms in total. The topological polar surface area (TPSA) is 86.2 Å². The molecule has 6 heteroatoms. The van der Waals surface area contributed by atoms with Gasteiger partial charge in [-0.25, -0.2) is 0 Å². The summed E-state index contributed by atoms with van der Waals surface area (Å²) in [6.45, 7) is 11.9. The molecule has 0 rings (SSSR count). The summed E-state index contributed by atoms with van der Waals surface area (Å²) < 4.78 is 8.55. The summed E-state index contributed by atoms with van der Waals surface area (Å²) in [5, 5.41) is 0. The molecule has 0 fully saturated rings. The maximum Gasteiger partial charge on any atom is 2.00 e. The van der Waals surface area contributed by atoms with Crippen LogP contribution < -0.4 is 14.7 Å². The van der Waals surface area contributed by atoms with E-state index >= 15 is 0 Å². The van der Waals surface area contributed by atoms with Gasteiger partial charge in [-0.2, -0.15) is 20.7 Å². The van der Waals surface area contributed by atoms with Crippen molar-refractivity contribution in [2.75, 3.05) is 0 Å². The number of hydrogen-bond acceptors (Lipinski definition) is 4. The van der Waals surface area contributed by atoms with E-state index in [1.165, 1.54) is 38.5 Å². The molecule has 0 aromatic carbocycles. The first-order valence-electron chi connectivity index (χ1n) is 6.14. The maximum absolute atomic E-state index is 8.55. The van der Waals surface area contributed by atoms with E-state index in [2.05, 4.69) is 27.7 Å². The maximum atomic E-state index is 8.55. The second-order valence-corrected chi connectivity index (χ2v) is 4.46. The van der Waals surface area contributed by atoms with Gasteiger partial charge in [0.1, 0.15) is 0 Å². The van der Waals surface area contributed by atoms with Crippen molar-refractivity contribution < 1.29 is 19.2 Å². The van der Waals surface area contributed by atoms with E-state index in [0.29, 0.717) is 0 Å². The first-order valence-corrected chi connectivity index (χ1v) is 7.61. The minimum absolute atomic E-state index is 0. The van der Waals surface area contributed by atoms with E-state index in [9.17, 15) is 0 Å². The zero-order valence-electron chi connectivity index (χ0n) is 11.9. The Morgan fingerprint density at radius 1 is 0.833 bits per heavy atom.